The molecule has 0 bridgehead atoms. The van der Waals surface area contributed by atoms with Gasteiger partial charge in [-0.1, -0.05) is 0 Å². The van der Waals surface area contributed by atoms with Gasteiger partial charge in [0.2, 0.25) is 0 Å². The Bertz CT molecular complexity index is 334. The molecule has 1 saturated carbocycles. The maximum Gasteiger partial charge on any atom is 0.191 e. The predicted octanol–water partition coefficient (Wildman–Crippen LogP) is 1.55. The van der Waals surface area contributed by atoms with E-state index in [2.05, 4.69) is 26.8 Å². The van der Waals surface area contributed by atoms with E-state index in [0.717, 1.165) is 44.1 Å². The number of thioether (sulfide) groups is 1. The van der Waals surface area contributed by atoms with Gasteiger partial charge in [-0.2, -0.15) is 11.8 Å². The van der Waals surface area contributed by atoms with Gasteiger partial charge in [0, 0.05) is 38.0 Å². The first-order valence-electron chi connectivity index (χ1n) is 8.62. The highest BCUT2D eigenvalue weighted by molar-refractivity contribution is 7.99. The second-order valence-electron chi connectivity index (χ2n) is 6.17. The van der Waals surface area contributed by atoms with Crippen molar-refractivity contribution in [3.8, 4) is 0 Å². The quantitative estimate of drug-likeness (QED) is 0.422. The van der Waals surface area contributed by atoms with Gasteiger partial charge < -0.3 is 15.4 Å². The van der Waals surface area contributed by atoms with E-state index in [1.807, 2.05) is 18.8 Å². The molecule has 0 aromatic rings. The molecule has 2 unspecified atom stereocenters. The maximum absolute atomic E-state index is 5.37. The minimum Gasteiger partial charge on any atom is -0.379 e. The van der Waals surface area contributed by atoms with Crippen molar-refractivity contribution in [2.45, 2.75) is 43.4 Å². The van der Waals surface area contributed by atoms with Crippen LogP contribution in [0.25, 0.3) is 0 Å². The van der Waals surface area contributed by atoms with Gasteiger partial charge in [-0.05, 0) is 44.9 Å². The van der Waals surface area contributed by atoms with Crippen molar-refractivity contribution in [1.82, 2.24) is 15.5 Å². The third kappa shape index (κ3) is 6.34. The summed E-state index contributed by atoms with van der Waals surface area (Å²) in [4.78, 5) is 6.85. The summed E-state index contributed by atoms with van der Waals surface area (Å²) in [5, 5.41) is 7.85. The minimum atomic E-state index is 0.594. The van der Waals surface area contributed by atoms with E-state index in [4.69, 9.17) is 4.74 Å². The summed E-state index contributed by atoms with van der Waals surface area (Å²) >= 11 is 1.99. The standard InChI is InChI=1S/C16H32N4OS/c1-17-16(19-14-5-6-15(13-14)22-2)18-7-3-4-8-20-9-11-21-12-10-20/h14-15H,3-13H2,1-2H3,(H2,17,18,19). The van der Waals surface area contributed by atoms with Gasteiger partial charge in [0.1, 0.15) is 0 Å². The molecule has 1 saturated heterocycles. The Kier molecular flexibility index (Phi) is 8.41. The lowest BCUT2D eigenvalue weighted by atomic mass is 10.2. The zero-order valence-electron chi connectivity index (χ0n) is 14.1. The summed E-state index contributed by atoms with van der Waals surface area (Å²) in [5.74, 6) is 0.970. The lowest BCUT2D eigenvalue weighted by Crippen LogP contribution is -2.43. The summed E-state index contributed by atoms with van der Waals surface area (Å²) in [6.45, 7) is 6.17. The molecule has 1 aliphatic carbocycles. The predicted molar refractivity (Wildman–Crippen MR) is 95.9 cm³/mol. The average molecular weight is 329 g/mol. The fourth-order valence-electron chi connectivity index (χ4n) is 3.17. The van der Waals surface area contributed by atoms with E-state index >= 15 is 0 Å². The van der Waals surface area contributed by atoms with Crippen molar-refractivity contribution in [1.29, 1.82) is 0 Å². The van der Waals surface area contributed by atoms with Gasteiger partial charge in [0.15, 0.2) is 5.96 Å². The fraction of sp³-hybridized carbons (Fsp3) is 0.938. The maximum atomic E-state index is 5.37. The van der Waals surface area contributed by atoms with Crippen LogP contribution >= 0.6 is 11.8 Å². The number of hydrogen-bond acceptors (Lipinski definition) is 4. The Morgan fingerprint density at radius 3 is 2.77 bits per heavy atom. The zero-order valence-corrected chi connectivity index (χ0v) is 15.0. The highest BCUT2D eigenvalue weighted by atomic mass is 32.2. The molecule has 6 heteroatoms. The number of unbranched alkanes of at least 4 members (excludes halogenated alkanes) is 1. The topological polar surface area (TPSA) is 48.9 Å². The van der Waals surface area contributed by atoms with Crippen LogP contribution in [0.15, 0.2) is 4.99 Å². The molecule has 2 aliphatic rings. The van der Waals surface area contributed by atoms with Crippen LogP contribution in [0, 0.1) is 0 Å². The van der Waals surface area contributed by atoms with Crippen LogP contribution in [0.4, 0.5) is 0 Å². The van der Waals surface area contributed by atoms with E-state index in [0.29, 0.717) is 6.04 Å². The first-order chi connectivity index (χ1) is 10.8. The van der Waals surface area contributed by atoms with Crippen molar-refractivity contribution in [2.24, 2.45) is 4.99 Å². The largest absolute Gasteiger partial charge is 0.379 e. The Morgan fingerprint density at radius 2 is 2.09 bits per heavy atom. The van der Waals surface area contributed by atoms with Gasteiger partial charge in [-0.15, -0.1) is 0 Å². The molecule has 22 heavy (non-hydrogen) atoms. The van der Waals surface area contributed by atoms with Crippen LogP contribution in [-0.4, -0.2) is 74.8 Å². The molecule has 2 atom stereocenters. The third-order valence-corrected chi connectivity index (χ3v) is 5.67. The van der Waals surface area contributed by atoms with Crippen molar-refractivity contribution in [2.75, 3.05) is 52.7 Å². The first-order valence-corrected chi connectivity index (χ1v) is 9.90. The molecule has 0 aromatic carbocycles. The van der Waals surface area contributed by atoms with E-state index in [9.17, 15) is 0 Å². The summed E-state index contributed by atoms with van der Waals surface area (Å²) in [5.41, 5.74) is 0. The number of guanidine groups is 1. The monoisotopic (exact) mass is 328 g/mol. The second kappa shape index (κ2) is 10.3. The van der Waals surface area contributed by atoms with Crippen LogP contribution in [0.2, 0.25) is 0 Å². The van der Waals surface area contributed by atoms with Gasteiger partial charge in [0.05, 0.1) is 13.2 Å². The number of ether oxygens (including phenoxy) is 1. The lowest BCUT2D eigenvalue weighted by molar-refractivity contribution is 0.0372. The van der Waals surface area contributed by atoms with Crippen molar-refractivity contribution in [3.05, 3.63) is 0 Å². The molecule has 2 rings (SSSR count). The van der Waals surface area contributed by atoms with E-state index in [-0.39, 0.29) is 0 Å². The zero-order chi connectivity index (χ0) is 15.6. The Morgan fingerprint density at radius 1 is 1.27 bits per heavy atom. The normalized spacial score (nSPS) is 27.1. The Balaban J connectivity index is 1.53. The van der Waals surface area contributed by atoms with Gasteiger partial charge >= 0.3 is 0 Å². The van der Waals surface area contributed by atoms with Crippen LogP contribution in [-0.2, 0) is 4.74 Å². The number of nitrogens with zero attached hydrogens (tertiary/aromatic N) is 2. The summed E-state index contributed by atoms with van der Waals surface area (Å²) in [6, 6.07) is 0.594. The molecule has 1 aliphatic heterocycles. The smallest absolute Gasteiger partial charge is 0.191 e. The first kappa shape index (κ1) is 17.9. The molecular weight excluding hydrogens is 296 g/mol. The van der Waals surface area contributed by atoms with E-state index in [1.165, 1.54) is 38.6 Å². The minimum absolute atomic E-state index is 0.594. The summed E-state index contributed by atoms with van der Waals surface area (Å²) in [6.07, 6.45) is 8.50. The summed E-state index contributed by atoms with van der Waals surface area (Å²) in [7, 11) is 1.87. The highest BCUT2D eigenvalue weighted by Crippen LogP contribution is 2.27. The van der Waals surface area contributed by atoms with Crippen LogP contribution in [0.5, 0.6) is 0 Å². The second-order valence-corrected chi connectivity index (χ2v) is 7.31. The molecule has 2 fully saturated rings. The van der Waals surface area contributed by atoms with Crippen LogP contribution in [0.3, 0.4) is 0 Å². The number of aliphatic imine (C=N–C) groups is 1. The SMILES string of the molecule is CN=C(NCCCCN1CCOCC1)NC1CCC(SC)C1. The van der Waals surface area contributed by atoms with Gasteiger partial charge in [0.25, 0.3) is 0 Å². The van der Waals surface area contributed by atoms with Crippen LogP contribution in [0.1, 0.15) is 32.1 Å². The van der Waals surface area contributed by atoms with E-state index < -0.39 is 0 Å². The number of nitrogens with one attached hydrogen (secondary N) is 2. The molecule has 128 valence electrons. The molecule has 2 N–H and O–H groups in total. The molecular formula is C16H32N4OS. The van der Waals surface area contributed by atoms with Gasteiger partial charge in [-0.3, -0.25) is 9.89 Å². The number of hydrogen-bond donors (Lipinski definition) is 2. The van der Waals surface area contributed by atoms with Gasteiger partial charge in [-0.25, -0.2) is 0 Å². The third-order valence-electron chi connectivity index (χ3n) is 4.58. The fourth-order valence-corrected chi connectivity index (χ4v) is 3.96. The number of morpholine rings is 1. The summed E-state index contributed by atoms with van der Waals surface area (Å²) < 4.78 is 5.37. The van der Waals surface area contributed by atoms with Crippen molar-refractivity contribution >= 4 is 17.7 Å². The molecule has 0 spiro atoms. The Labute approximate surface area is 139 Å². The lowest BCUT2D eigenvalue weighted by Gasteiger charge is -2.26. The van der Waals surface area contributed by atoms with Crippen molar-refractivity contribution in [3.63, 3.8) is 0 Å². The highest BCUT2D eigenvalue weighted by Gasteiger charge is 2.24. The molecule has 0 radical (unpaired) electrons. The molecule has 0 aromatic heterocycles. The Hall–Kier alpha value is -0.460. The van der Waals surface area contributed by atoms with Crippen LogP contribution < -0.4 is 10.6 Å². The molecule has 1 heterocycles. The van der Waals surface area contributed by atoms with Crippen molar-refractivity contribution < 1.29 is 4.74 Å². The number of rotatable bonds is 7. The molecule has 5 nitrogen and oxygen atoms in total. The van der Waals surface area contributed by atoms with E-state index in [1.54, 1.807) is 0 Å². The molecule has 0 amide bonds. The average Bonchev–Trinajstić information content (AvgIpc) is 3.02.